The first-order chi connectivity index (χ1) is 15.0. The Morgan fingerprint density at radius 1 is 1.00 bits per heavy atom. The fourth-order valence-corrected chi connectivity index (χ4v) is 3.17. The molecule has 0 bridgehead atoms. The molecule has 0 unspecified atom stereocenters. The Hall–Kier alpha value is -3.11. The van der Waals surface area contributed by atoms with Gasteiger partial charge in [0, 0.05) is 36.6 Å². The van der Waals surface area contributed by atoms with Gasteiger partial charge in [0.1, 0.15) is 5.75 Å². The Morgan fingerprint density at radius 2 is 1.65 bits per heavy atom. The van der Waals surface area contributed by atoms with Crippen molar-refractivity contribution in [2.24, 2.45) is 5.92 Å². The summed E-state index contributed by atoms with van der Waals surface area (Å²) in [4.78, 5) is 18.9. The molecular formula is C26H27ClN2O2. The second-order valence-electron chi connectivity index (χ2n) is 7.75. The van der Waals surface area contributed by atoms with Crippen LogP contribution in [-0.2, 0) is 17.9 Å². The molecule has 2 aromatic carbocycles. The molecule has 1 aromatic heterocycles. The number of nitrogens with zero attached hydrogens (tertiary/aromatic N) is 2. The van der Waals surface area contributed by atoms with Crippen molar-refractivity contribution in [2.45, 2.75) is 26.9 Å². The average molecular weight is 435 g/mol. The fraction of sp³-hybridized carbons (Fsp3) is 0.231. The average Bonchev–Trinajstić information content (AvgIpc) is 2.78. The lowest BCUT2D eigenvalue weighted by molar-refractivity contribution is -0.127. The van der Waals surface area contributed by atoms with Crippen molar-refractivity contribution < 1.29 is 9.53 Å². The number of aromatic nitrogens is 1. The number of hydrogen-bond acceptors (Lipinski definition) is 3. The Balaban J connectivity index is 1.74. The van der Waals surface area contributed by atoms with Crippen LogP contribution in [0.1, 0.15) is 30.5 Å². The minimum Gasteiger partial charge on any atom is -0.493 e. The molecule has 0 aliphatic rings. The second kappa shape index (κ2) is 11.3. The van der Waals surface area contributed by atoms with Crippen molar-refractivity contribution in [3.05, 3.63) is 101 Å². The summed E-state index contributed by atoms with van der Waals surface area (Å²) in [7, 11) is 0. The van der Waals surface area contributed by atoms with Crippen LogP contribution in [0.5, 0.6) is 5.75 Å². The third kappa shape index (κ3) is 7.26. The van der Waals surface area contributed by atoms with E-state index in [0.717, 1.165) is 22.4 Å². The van der Waals surface area contributed by atoms with Gasteiger partial charge >= 0.3 is 0 Å². The summed E-state index contributed by atoms with van der Waals surface area (Å²) in [6.45, 7) is 5.89. The number of ether oxygens (including phenoxy) is 1. The first-order valence-electron chi connectivity index (χ1n) is 10.3. The largest absolute Gasteiger partial charge is 0.493 e. The van der Waals surface area contributed by atoms with E-state index >= 15 is 0 Å². The zero-order valence-electron chi connectivity index (χ0n) is 17.9. The minimum atomic E-state index is -0.0862. The second-order valence-corrected chi connectivity index (χ2v) is 8.16. The van der Waals surface area contributed by atoms with Crippen molar-refractivity contribution in [3.63, 3.8) is 0 Å². The number of halogens is 1. The number of carbonyl (C=O) groups is 1. The summed E-state index contributed by atoms with van der Waals surface area (Å²) >= 11 is 6.21. The van der Waals surface area contributed by atoms with Gasteiger partial charge in [0.05, 0.1) is 6.61 Å². The van der Waals surface area contributed by atoms with E-state index in [0.29, 0.717) is 30.6 Å². The van der Waals surface area contributed by atoms with Crippen molar-refractivity contribution in [2.75, 3.05) is 6.61 Å². The molecular weight excluding hydrogens is 408 g/mol. The Morgan fingerprint density at radius 3 is 2.29 bits per heavy atom. The SMILES string of the molecule is CC(C)COc1ccc(CN(Cc2ccncc2)C(=O)/C=C/c2ccccc2Cl)cc1. The Kier molecular flexibility index (Phi) is 8.25. The molecule has 5 heteroatoms. The zero-order valence-corrected chi connectivity index (χ0v) is 18.6. The molecule has 4 nitrogen and oxygen atoms in total. The quantitative estimate of drug-likeness (QED) is 0.387. The molecule has 3 rings (SSSR count). The molecule has 1 amide bonds. The smallest absolute Gasteiger partial charge is 0.247 e. The predicted octanol–water partition coefficient (Wildman–Crippen LogP) is 6.01. The lowest BCUT2D eigenvalue weighted by Crippen LogP contribution is -2.28. The summed E-state index contributed by atoms with van der Waals surface area (Å²) in [5, 5.41) is 0.615. The first kappa shape index (κ1) is 22.6. The van der Waals surface area contributed by atoms with Gasteiger partial charge in [0.15, 0.2) is 0 Å². The molecule has 0 fully saturated rings. The van der Waals surface area contributed by atoms with E-state index in [2.05, 4.69) is 18.8 Å². The highest BCUT2D eigenvalue weighted by molar-refractivity contribution is 6.32. The summed E-state index contributed by atoms with van der Waals surface area (Å²) in [6, 6.07) is 19.2. The van der Waals surface area contributed by atoms with Crippen molar-refractivity contribution in [1.29, 1.82) is 0 Å². The maximum Gasteiger partial charge on any atom is 0.247 e. The molecule has 0 N–H and O–H groups in total. The van der Waals surface area contributed by atoms with E-state index in [9.17, 15) is 4.79 Å². The van der Waals surface area contributed by atoms with E-state index in [1.807, 2.05) is 60.7 Å². The molecule has 0 spiro atoms. The number of benzene rings is 2. The summed E-state index contributed by atoms with van der Waals surface area (Å²) in [6.07, 6.45) is 6.80. The minimum absolute atomic E-state index is 0.0862. The third-order valence-corrected chi connectivity index (χ3v) is 4.97. The number of rotatable bonds is 9. The molecule has 1 heterocycles. The van der Waals surface area contributed by atoms with E-state index < -0.39 is 0 Å². The number of amides is 1. The maximum absolute atomic E-state index is 13.0. The topological polar surface area (TPSA) is 42.4 Å². The first-order valence-corrected chi connectivity index (χ1v) is 10.7. The predicted molar refractivity (Wildman–Crippen MR) is 126 cm³/mol. The van der Waals surface area contributed by atoms with Gasteiger partial charge in [0.25, 0.3) is 0 Å². The van der Waals surface area contributed by atoms with Crippen LogP contribution in [0.3, 0.4) is 0 Å². The molecule has 0 saturated carbocycles. The molecule has 160 valence electrons. The maximum atomic E-state index is 13.0. The van der Waals surface area contributed by atoms with Crippen molar-refractivity contribution in [1.82, 2.24) is 9.88 Å². The summed E-state index contributed by atoms with van der Waals surface area (Å²) in [5.74, 6) is 1.22. The molecule has 31 heavy (non-hydrogen) atoms. The van der Waals surface area contributed by atoms with Crippen LogP contribution in [-0.4, -0.2) is 22.4 Å². The fourth-order valence-electron chi connectivity index (χ4n) is 2.97. The van der Waals surface area contributed by atoms with Crippen LogP contribution >= 0.6 is 11.6 Å². The lowest BCUT2D eigenvalue weighted by atomic mass is 10.1. The number of hydrogen-bond donors (Lipinski definition) is 0. The standard InChI is InChI=1S/C26H27ClN2O2/c1-20(2)19-31-24-10-7-21(8-11-24)17-29(18-22-13-15-28-16-14-22)26(30)12-9-23-5-3-4-6-25(23)27/h3-16,20H,17-19H2,1-2H3/b12-9+. The van der Waals surface area contributed by atoms with Crippen molar-refractivity contribution in [3.8, 4) is 5.75 Å². The van der Waals surface area contributed by atoms with Gasteiger partial charge in [-0.05, 0) is 59.0 Å². The van der Waals surface area contributed by atoms with Gasteiger partial charge in [0.2, 0.25) is 5.91 Å². The van der Waals surface area contributed by atoms with Gasteiger partial charge in [-0.2, -0.15) is 0 Å². The third-order valence-electron chi connectivity index (χ3n) is 4.63. The summed E-state index contributed by atoms with van der Waals surface area (Å²) < 4.78 is 5.76. The van der Waals surface area contributed by atoms with E-state index in [-0.39, 0.29) is 5.91 Å². The van der Waals surface area contributed by atoms with Gasteiger partial charge in [-0.15, -0.1) is 0 Å². The van der Waals surface area contributed by atoms with Crippen LogP contribution in [0.4, 0.5) is 0 Å². The van der Waals surface area contributed by atoms with Gasteiger partial charge in [-0.1, -0.05) is 55.8 Å². The van der Waals surface area contributed by atoms with Gasteiger partial charge in [-0.3, -0.25) is 9.78 Å². The molecule has 0 radical (unpaired) electrons. The number of pyridine rings is 1. The van der Waals surface area contributed by atoms with Crippen molar-refractivity contribution >= 4 is 23.6 Å². The lowest BCUT2D eigenvalue weighted by Gasteiger charge is -2.22. The van der Waals surface area contributed by atoms with Crippen LogP contribution < -0.4 is 4.74 Å². The van der Waals surface area contributed by atoms with E-state index in [1.54, 1.807) is 29.4 Å². The highest BCUT2D eigenvalue weighted by Crippen LogP contribution is 2.18. The zero-order chi connectivity index (χ0) is 22.1. The van der Waals surface area contributed by atoms with Crippen LogP contribution in [0.25, 0.3) is 6.08 Å². The highest BCUT2D eigenvalue weighted by Gasteiger charge is 2.13. The molecule has 0 aliphatic heterocycles. The molecule has 0 saturated heterocycles. The monoisotopic (exact) mass is 434 g/mol. The highest BCUT2D eigenvalue weighted by atomic mass is 35.5. The van der Waals surface area contributed by atoms with Gasteiger partial charge < -0.3 is 9.64 Å². The normalized spacial score (nSPS) is 11.1. The van der Waals surface area contributed by atoms with E-state index in [1.165, 1.54) is 0 Å². The molecule has 3 aromatic rings. The van der Waals surface area contributed by atoms with Gasteiger partial charge in [-0.25, -0.2) is 0 Å². The summed E-state index contributed by atoms with van der Waals surface area (Å²) in [5.41, 5.74) is 2.87. The Labute approximate surface area is 189 Å². The van der Waals surface area contributed by atoms with Crippen LogP contribution in [0, 0.1) is 5.92 Å². The Bertz CT molecular complexity index is 1000. The molecule has 0 atom stereocenters. The number of carbonyl (C=O) groups excluding carboxylic acids is 1. The van der Waals surface area contributed by atoms with Crippen LogP contribution in [0.15, 0.2) is 79.1 Å². The van der Waals surface area contributed by atoms with E-state index in [4.69, 9.17) is 16.3 Å². The van der Waals surface area contributed by atoms with Crippen LogP contribution in [0.2, 0.25) is 5.02 Å². The molecule has 0 aliphatic carbocycles.